The number of carbonyl (C=O) groups excluding carboxylic acids is 1. The van der Waals surface area contributed by atoms with Crippen LogP contribution in [-0.2, 0) is 14.9 Å². The van der Waals surface area contributed by atoms with Gasteiger partial charge in [0.05, 0.1) is 5.41 Å². The highest BCUT2D eigenvalue weighted by molar-refractivity contribution is 5.77. The third-order valence-corrected chi connectivity index (χ3v) is 6.59. The average Bonchev–Trinajstić information content (AvgIpc) is 3.45. The summed E-state index contributed by atoms with van der Waals surface area (Å²) in [6.45, 7) is 3.03. The minimum absolute atomic E-state index is 0.165. The molecule has 0 bridgehead atoms. The highest BCUT2D eigenvalue weighted by Gasteiger charge is 2.55. The van der Waals surface area contributed by atoms with Crippen LogP contribution in [0.15, 0.2) is 34.9 Å². The molecule has 0 N–H and O–H groups in total. The van der Waals surface area contributed by atoms with Gasteiger partial charge < -0.3 is 14.2 Å². The topological polar surface area (TPSA) is 68.5 Å². The fraction of sp³-hybridized carbons (Fsp3) is 0.571. The Morgan fingerprint density at radius 1 is 1.26 bits per heavy atom. The van der Waals surface area contributed by atoms with Crippen molar-refractivity contribution in [2.24, 2.45) is 11.8 Å². The van der Waals surface area contributed by atoms with Crippen LogP contribution in [-0.4, -0.2) is 47.3 Å². The number of benzene rings is 1. The number of hydrogen-bond acceptors (Lipinski definition) is 5. The third-order valence-electron chi connectivity index (χ3n) is 6.59. The van der Waals surface area contributed by atoms with Crippen LogP contribution < -0.4 is 0 Å². The largest absolute Gasteiger partial charge is 0.381 e. The normalized spacial score (nSPS) is 30.0. The molecule has 1 saturated carbocycles. The van der Waals surface area contributed by atoms with Crippen molar-refractivity contribution in [2.45, 2.75) is 37.5 Å². The van der Waals surface area contributed by atoms with Crippen LogP contribution in [0.1, 0.15) is 38.0 Å². The smallest absolute Gasteiger partial charge is 0.235 e. The molecule has 3 heterocycles. The van der Waals surface area contributed by atoms with Crippen LogP contribution in [0.2, 0.25) is 0 Å². The van der Waals surface area contributed by atoms with E-state index in [4.69, 9.17) is 14.2 Å². The number of ether oxygens (including phenoxy) is 1. The summed E-state index contributed by atoms with van der Waals surface area (Å²) >= 11 is 0. The van der Waals surface area contributed by atoms with Gasteiger partial charge in [-0.15, -0.1) is 0 Å². The van der Waals surface area contributed by atoms with Crippen LogP contribution in [0.3, 0.4) is 0 Å². The minimum Gasteiger partial charge on any atom is -0.381 e. The molecule has 142 valence electrons. The Hall–Kier alpha value is -2.21. The van der Waals surface area contributed by atoms with Crippen LogP contribution in [0.4, 0.5) is 0 Å². The molecule has 3 fully saturated rings. The number of hydrogen-bond donors (Lipinski definition) is 0. The van der Waals surface area contributed by atoms with E-state index in [0.717, 1.165) is 51.0 Å². The van der Waals surface area contributed by atoms with Crippen LogP contribution in [0.25, 0.3) is 11.4 Å². The summed E-state index contributed by atoms with van der Waals surface area (Å²) in [5, 5.41) is 4.23. The molecule has 6 nitrogen and oxygen atoms in total. The number of amides is 1. The van der Waals surface area contributed by atoms with Crippen molar-refractivity contribution in [3.05, 3.63) is 36.2 Å². The summed E-state index contributed by atoms with van der Waals surface area (Å²) < 4.78 is 11.2. The number of fused-ring (bicyclic) bond motifs is 1. The number of likely N-dealkylation sites (tertiary alicyclic amines) is 1. The zero-order chi connectivity index (χ0) is 18.3. The second kappa shape index (κ2) is 6.75. The Morgan fingerprint density at radius 2 is 2.15 bits per heavy atom. The maximum atomic E-state index is 12.8. The fourth-order valence-electron chi connectivity index (χ4n) is 5.08. The summed E-state index contributed by atoms with van der Waals surface area (Å²) in [6, 6.07) is 9.92. The van der Waals surface area contributed by atoms with Crippen molar-refractivity contribution in [1.29, 1.82) is 0 Å². The molecule has 27 heavy (non-hydrogen) atoms. The highest BCUT2D eigenvalue weighted by atomic mass is 16.5. The molecule has 3 atom stereocenters. The van der Waals surface area contributed by atoms with Gasteiger partial charge in [-0.1, -0.05) is 41.9 Å². The Morgan fingerprint density at radius 3 is 2.96 bits per heavy atom. The van der Waals surface area contributed by atoms with Gasteiger partial charge in [0.2, 0.25) is 17.6 Å². The predicted molar refractivity (Wildman–Crippen MR) is 98.9 cm³/mol. The maximum Gasteiger partial charge on any atom is 0.235 e. The molecule has 2 aliphatic heterocycles. The second-order valence-electron chi connectivity index (χ2n) is 8.24. The van der Waals surface area contributed by atoms with E-state index in [-0.39, 0.29) is 11.3 Å². The molecular formula is C21H25N3O3. The molecule has 1 aromatic heterocycles. The first kappa shape index (κ1) is 16.9. The first-order valence-corrected chi connectivity index (χ1v) is 10.00. The maximum absolute atomic E-state index is 12.8. The Kier molecular flexibility index (Phi) is 4.23. The third kappa shape index (κ3) is 2.96. The number of aromatic nitrogens is 2. The average molecular weight is 367 g/mol. The van der Waals surface area contributed by atoms with Gasteiger partial charge in [-0.25, -0.2) is 0 Å². The molecular weight excluding hydrogens is 342 g/mol. The van der Waals surface area contributed by atoms with Gasteiger partial charge in [-0.2, -0.15) is 4.98 Å². The molecule has 5 rings (SSSR count). The van der Waals surface area contributed by atoms with Gasteiger partial charge in [-0.05, 0) is 31.1 Å². The summed E-state index contributed by atoms with van der Waals surface area (Å²) in [4.78, 5) is 19.6. The summed E-state index contributed by atoms with van der Waals surface area (Å²) in [7, 11) is 0. The first-order chi connectivity index (χ1) is 13.2. The summed E-state index contributed by atoms with van der Waals surface area (Å²) in [5.74, 6) is 2.40. The molecule has 1 aliphatic carbocycles. The first-order valence-electron chi connectivity index (χ1n) is 10.00. The van der Waals surface area contributed by atoms with E-state index in [1.54, 1.807) is 0 Å². The lowest BCUT2D eigenvalue weighted by atomic mass is 9.80. The molecule has 6 heteroatoms. The minimum atomic E-state index is -0.165. The zero-order valence-electron chi connectivity index (χ0n) is 15.5. The van der Waals surface area contributed by atoms with Crippen molar-refractivity contribution in [3.63, 3.8) is 0 Å². The molecule has 2 saturated heterocycles. The van der Waals surface area contributed by atoms with Crippen LogP contribution in [0, 0.1) is 11.8 Å². The summed E-state index contributed by atoms with van der Waals surface area (Å²) in [5.41, 5.74) is 0.799. The van der Waals surface area contributed by atoms with Gasteiger partial charge in [0.25, 0.3) is 0 Å². The number of nitrogens with zero attached hydrogens (tertiary/aromatic N) is 3. The van der Waals surface area contributed by atoms with Crippen molar-refractivity contribution in [3.8, 4) is 11.4 Å². The van der Waals surface area contributed by atoms with Crippen LogP contribution in [0.5, 0.6) is 0 Å². The highest BCUT2D eigenvalue weighted by Crippen LogP contribution is 2.50. The van der Waals surface area contributed by atoms with Gasteiger partial charge in [0, 0.05) is 38.3 Å². The Bertz CT molecular complexity index is 815. The van der Waals surface area contributed by atoms with E-state index in [2.05, 4.69) is 5.16 Å². The van der Waals surface area contributed by atoms with E-state index in [0.29, 0.717) is 36.5 Å². The van der Waals surface area contributed by atoms with E-state index >= 15 is 0 Å². The molecule has 1 aromatic carbocycles. The fourth-order valence-corrected chi connectivity index (χ4v) is 5.08. The van der Waals surface area contributed by atoms with Crippen molar-refractivity contribution >= 4 is 5.91 Å². The van der Waals surface area contributed by atoms with Crippen LogP contribution >= 0.6 is 0 Å². The van der Waals surface area contributed by atoms with E-state index in [9.17, 15) is 4.79 Å². The molecule has 0 radical (unpaired) electrons. The van der Waals surface area contributed by atoms with Crippen molar-refractivity contribution < 1.29 is 14.1 Å². The van der Waals surface area contributed by atoms with Gasteiger partial charge in [0.1, 0.15) is 0 Å². The Balaban J connectivity index is 1.36. The standard InChI is InChI=1S/C21H25N3O3/c25-18(11-15-8-10-26-13-15)24-12-17-7-4-9-21(17,14-24)20-22-19(23-27-20)16-5-2-1-3-6-16/h1-3,5-6,15,17H,4,7-14H2/t15?,17-,21-/m1/s1. The number of carbonyl (C=O) groups is 1. The van der Waals surface area contributed by atoms with Gasteiger partial charge in [-0.3, -0.25) is 4.79 Å². The lowest BCUT2D eigenvalue weighted by molar-refractivity contribution is -0.131. The Labute approximate surface area is 158 Å². The quantitative estimate of drug-likeness (QED) is 0.831. The predicted octanol–water partition coefficient (Wildman–Crippen LogP) is 3.04. The van der Waals surface area contributed by atoms with E-state index < -0.39 is 0 Å². The molecule has 3 aliphatic rings. The molecule has 1 amide bonds. The van der Waals surface area contributed by atoms with E-state index in [1.165, 1.54) is 0 Å². The van der Waals surface area contributed by atoms with Crippen molar-refractivity contribution in [1.82, 2.24) is 15.0 Å². The van der Waals surface area contributed by atoms with Gasteiger partial charge in [0.15, 0.2) is 0 Å². The molecule has 1 unspecified atom stereocenters. The lowest BCUT2D eigenvalue weighted by Gasteiger charge is -2.24. The SMILES string of the molecule is O=C(CC1CCOC1)N1C[C@H]2CCC[C@@]2(c2nc(-c3ccccc3)no2)C1. The molecule has 2 aromatic rings. The second-order valence-corrected chi connectivity index (χ2v) is 8.24. The van der Waals surface area contributed by atoms with Crippen molar-refractivity contribution in [2.75, 3.05) is 26.3 Å². The molecule has 0 spiro atoms. The summed E-state index contributed by atoms with van der Waals surface area (Å²) in [6.07, 6.45) is 4.90. The van der Waals surface area contributed by atoms with Gasteiger partial charge >= 0.3 is 0 Å². The monoisotopic (exact) mass is 367 g/mol. The number of rotatable bonds is 4. The van der Waals surface area contributed by atoms with E-state index in [1.807, 2.05) is 35.2 Å². The lowest BCUT2D eigenvalue weighted by Crippen LogP contribution is -2.35. The zero-order valence-corrected chi connectivity index (χ0v) is 15.5.